The van der Waals surface area contributed by atoms with Crippen LogP contribution in [0.1, 0.15) is 15.2 Å². The van der Waals surface area contributed by atoms with Gasteiger partial charge in [-0.1, -0.05) is 29.8 Å². The van der Waals surface area contributed by atoms with E-state index in [-0.39, 0.29) is 12.5 Å². The van der Waals surface area contributed by atoms with Crippen LogP contribution in [0.25, 0.3) is 11.1 Å². The molecule has 1 aromatic heterocycles. The quantitative estimate of drug-likeness (QED) is 0.622. The van der Waals surface area contributed by atoms with Crippen molar-refractivity contribution in [3.05, 3.63) is 70.4 Å². The van der Waals surface area contributed by atoms with Crippen molar-refractivity contribution in [3.8, 4) is 11.1 Å². The Morgan fingerprint density at radius 2 is 1.68 bits per heavy atom. The van der Waals surface area contributed by atoms with E-state index in [1.165, 1.54) is 11.3 Å². The molecule has 0 aliphatic heterocycles. The molecule has 0 atom stereocenters. The van der Waals surface area contributed by atoms with E-state index >= 15 is 0 Å². The average molecular weight is 394 g/mol. The largest absolute Gasteiger partial charge is 0.451 e. The van der Waals surface area contributed by atoms with Crippen molar-refractivity contribution in [1.82, 2.24) is 0 Å². The lowest BCUT2D eigenvalue weighted by Crippen LogP contribution is -2.20. The third-order valence-electron chi connectivity index (χ3n) is 4.22. The molecule has 0 saturated carbocycles. The molecule has 0 unspecified atom stereocenters. The van der Waals surface area contributed by atoms with Gasteiger partial charge in [-0.3, -0.25) is 4.79 Å². The fourth-order valence-corrected chi connectivity index (χ4v) is 3.47. The molecule has 6 heteroatoms. The van der Waals surface area contributed by atoms with Gasteiger partial charge in [0.25, 0.3) is 5.91 Å². The summed E-state index contributed by atoms with van der Waals surface area (Å²) in [6, 6.07) is 17.2. The minimum atomic E-state index is -0.497. The first-order valence-electron chi connectivity index (χ1n) is 8.83. The highest BCUT2D eigenvalue weighted by atomic mass is 32.1. The number of rotatable bonds is 6. The number of nitrogens with one attached hydrogen (secondary N) is 1. The zero-order valence-electron chi connectivity index (χ0n) is 16.1. The molecular formula is C22H22N2O3S. The smallest absolute Gasteiger partial charge is 0.349 e. The highest BCUT2D eigenvalue weighted by Gasteiger charge is 2.17. The van der Waals surface area contributed by atoms with Crippen molar-refractivity contribution in [3.63, 3.8) is 0 Å². The number of nitrogens with zero attached hydrogens (tertiary/aromatic N) is 1. The van der Waals surface area contributed by atoms with Gasteiger partial charge in [-0.25, -0.2) is 4.79 Å². The first-order valence-corrected chi connectivity index (χ1v) is 9.71. The number of anilines is 2. The third kappa shape index (κ3) is 4.78. The average Bonchev–Trinajstić information content (AvgIpc) is 3.17. The number of thiophene rings is 1. The number of carbonyl (C=O) groups excluding carboxylic acids is 2. The summed E-state index contributed by atoms with van der Waals surface area (Å²) in [5.41, 5.74) is 4.60. The van der Waals surface area contributed by atoms with Crippen LogP contribution in [0, 0.1) is 6.92 Å². The van der Waals surface area contributed by atoms with E-state index in [0.717, 1.165) is 22.4 Å². The lowest BCUT2D eigenvalue weighted by Gasteiger charge is -2.13. The fourth-order valence-electron chi connectivity index (χ4n) is 2.66. The third-order valence-corrected chi connectivity index (χ3v) is 5.11. The zero-order valence-corrected chi connectivity index (χ0v) is 16.9. The number of hydrogen-bond donors (Lipinski definition) is 1. The molecule has 5 nitrogen and oxygen atoms in total. The second-order valence-corrected chi connectivity index (χ2v) is 7.51. The molecule has 3 aromatic rings. The Labute approximate surface area is 168 Å². The summed E-state index contributed by atoms with van der Waals surface area (Å²) in [5.74, 6) is -0.872. The lowest BCUT2D eigenvalue weighted by molar-refractivity contribution is -0.119. The number of hydrogen-bond acceptors (Lipinski definition) is 5. The molecule has 0 aliphatic carbocycles. The van der Waals surface area contributed by atoms with E-state index in [1.54, 1.807) is 0 Å². The topological polar surface area (TPSA) is 58.6 Å². The summed E-state index contributed by atoms with van der Waals surface area (Å²) >= 11 is 1.31. The second-order valence-electron chi connectivity index (χ2n) is 6.60. The van der Waals surface area contributed by atoms with Crippen LogP contribution < -0.4 is 10.2 Å². The van der Waals surface area contributed by atoms with Crippen molar-refractivity contribution >= 4 is 34.6 Å². The zero-order chi connectivity index (χ0) is 20.1. The standard InChI is InChI=1S/C22H22N2O3S/c1-15-4-6-16(7-5-15)19-12-13-28-21(19)22(26)27-14-20(25)23-17-8-10-18(11-9-17)24(2)3/h4-13H,14H2,1-3H3,(H,23,25). The fraction of sp³-hybridized carbons (Fsp3) is 0.182. The van der Waals surface area contributed by atoms with Crippen molar-refractivity contribution in [2.24, 2.45) is 0 Å². The molecule has 2 aromatic carbocycles. The molecule has 0 saturated heterocycles. The van der Waals surface area contributed by atoms with Gasteiger partial charge >= 0.3 is 5.97 Å². The van der Waals surface area contributed by atoms with Gasteiger partial charge in [0.2, 0.25) is 0 Å². The summed E-state index contributed by atoms with van der Waals surface area (Å²) in [6.07, 6.45) is 0. The molecule has 1 N–H and O–H groups in total. The summed E-state index contributed by atoms with van der Waals surface area (Å²) in [5, 5.41) is 4.58. The van der Waals surface area contributed by atoms with Crippen LogP contribution in [0.4, 0.5) is 11.4 Å². The number of benzene rings is 2. The Kier molecular flexibility index (Phi) is 6.11. The van der Waals surface area contributed by atoms with E-state index < -0.39 is 5.97 Å². The first kappa shape index (κ1) is 19.6. The van der Waals surface area contributed by atoms with E-state index in [2.05, 4.69) is 5.32 Å². The van der Waals surface area contributed by atoms with Gasteiger partial charge in [0, 0.05) is 31.0 Å². The Morgan fingerprint density at radius 3 is 2.32 bits per heavy atom. The molecule has 0 fully saturated rings. The minimum Gasteiger partial charge on any atom is -0.451 e. The van der Waals surface area contributed by atoms with Crippen molar-refractivity contribution in [1.29, 1.82) is 0 Å². The summed E-state index contributed by atoms with van der Waals surface area (Å²) in [4.78, 5) is 27.0. The van der Waals surface area contributed by atoms with E-state index in [4.69, 9.17) is 4.74 Å². The van der Waals surface area contributed by atoms with Crippen molar-refractivity contribution in [2.45, 2.75) is 6.92 Å². The molecule has 0 bridgehead atoms. The molecule has 0 spiro atoms. The number of carbonyl (C=O) groups is 2. The number of esters is 1. The van der Waals surface area contributed by atoms with Crippen LogP contribution in [-0.2, 0) is 9.53 Å². The van der Waals surface area contributed by atoms with Gasteiger partial charge in [0.1, 0.15) is 4.88 Å². The number of amides is 1. The molecule has 0 aliphatic rings. The summed E-state index contributed by atoms with van der Waals surface area (Å²) < 4.78 is 5.22. The molecule has 3 rings (SSSR count). The SMILES string of the molecule is Cc1ccc(-c2ccsc2C(=O)OCC(=O)Nc2ccc(N(C)C)cc2)cc1. The van der Waals surface area contributed by atoms with Gasteiger partial charge in [-0.2, -0.15) is 0 Å². The number of aryl methyl sites for hydroxylation is 1. The van der Waals surface area contributed by atoms with Crippen LogP contribution in [0.5, 0.6) is 0 Å². The van der Waals surface area contributed by atoms with Crippen LogP contribution in [0.3, 0.4) is 0 Å². The van der Waals surface area contributed by atoms with Crippen molar-refractivity contribution in [2.75, 3.05) is 30.9 Å². The maximum absolute atomic E-state index is 12.4. The van der Waals surface area contributed by atoms with E-state index in [0.29, 0.717) is 10.6 Å². The molecule has 0 radical (unpaired) electrons. The Bertz CT molecular complexity index is 960. The summed E-state index contributed by atoms with van der Waals surface area (Å²) in [6.45, 7) is 1.68. The second kappa shape index (κ2) is 8.71. The van der Waals surface area contributed by atoms with Gasteiger partial charge in [0.15, 0.2) is 6.61 Å². The van der Waals surface area contributed by atoms with Gasteiger partial charge in [-0.15, -0.1) is 11.3 Å². The lowest BCUT2D eigenvalue weighted by atomic mass is 10.1. The van der Waals surface area contributed by atoms with Crippen LogP contribution >= 0.6 is 11.3 Å². The predicted molar refractivity (Wildman–Crippen MR) is 114 cm³/mol. The Balaban J connectivity index is 1.59. The van der Waals surface area contributed by atoms with Crippen LogP contribution in [-0.4, -0.2) is 32.6 Å². The van der Waals surface area contributed by atoms with Gasteiger partial charge in [0.05, 0.1) is 0 Å². The monoisotopic (exact) mass is 394 g/mol. The molecule has 1 heterocycles. The van der Waals surface area contributed by atoms with Crippen LogP contribution in [0.15, 0.2) is 60.0 Å². The summed E-state index contributed by atoms with van der Waals surface area (Å²) in [7, 11) is 3.89. The predicted octanol–water partition coefficient (Wildman–Crippen LogP) is 4.59. The van der Waals surface area contributed by atoms with E-state index in [1.807, 2.05) is 85.9 Å². The first-order chi connectivity index (χ1) is 13.4. The molecule has 28 heavy (non-hydrogen) atoms. The van der Waals surface area contributed by atoms with E-state index in [9.17, 15) is 9.59 Å². The van der Waals surface area contributed by atoms with Gasteiger partial charge in [-0.05, 0) is 48.2 Å². The normalized spacial score (nSPS) is 10.4. The van der Waals surface area contributed by atoms with Crippen molar-refractivity contribution < 1.29 is 14.3 Å². The molecule has 144 valence electrons. The highest BCUT2D eigenvalue weighted by molar-refractivity contribution is 7.12. The Morgan fingerprint density at radius 1 is 1.00 bits per heavy atom. The van der Waals surface area contributed by atoms with Gasteiger partial charge < -0.3 is 15.0 Å². The molecular weight excluding hydrogens is 372 g/mol. The Hall–Kier alpha value is -3.12. The molecule has 1 amide bonds. The maximum Gasteiger partial charge on any atom is 0.349 e. The number of ether oxygens (including phenoxy) is 1. The van der Waals surface area contributed by atoms with Crippen LogP contribution in [0.2, 0.25) is 0 Å². The highest BCUT2D eigenvalue weighted by Crippen LogP contribution is 2.29. The maximum atomic E-state index is 12.4. The minimum absolute atomic E-state index is 0.334.